The Bertz CT molecular complexity index is 1470. The maximum atomic E-state index is 13.5. The molecular weight excluding hydrogens is 1030 g/mol. The van der Waals surface area contributed by atoms with Crippen LogP contribution < -0.4 is 5.32 Å². The molecule has 0 radical (unpaired) electrons. The van der Waals surface area contributed by atoms with Crippen LogP contribution in [0.5, 0.6) is 0 Å². The first-order valence-corrected chi connectivity index (χ1v) is 35.3. The highest BCUT2D eigenvalue weighted by molar-refractivity contribution is 5.80. The predicted molar refractivity (Wildman–Crippen MR) is 343 cm³/mol. The molecule has 1 fully saturated rings. The number of carbonyl (C=O) groups excluding carboxylic acids is 2. The van der Waals surface area contributed by atoms with Crippen molar-refractivity contribution in [3.8, 4) is 0 Å². The molecule has 0 bridgehead atoms. The van der Waals surface area contributed by atoms with Gasteiger partial charge in [-0.15, -0.1) is 0 Å². The Morgan fingerprint density at radius 3 is 1.30 bits per heavy atom. The number of rotatable bonds is 61. The second kappa shape index (κ2) is 59.2. The molecular formula is C71H133NO10. The van der Waals surface area contributed by atoms with Crippen LogP contribution in [0.15, 0.2) is 36.5 Å². The number of carbonyl (C=O) groups is 2. The van der Waals surface area contributed by atoms with Gasteiger partial charge in [0.15, 0.2) is 12.4 Å². The summed E-state index contributed by atoms with van der Waals surface area (Å²) in [6, 6.07) is -1.02. The van der Waals surface area contributed by atoms with Crippen LogP contribution >= 0.6 is 0 Å². The second-order valence-corrected chi connectivity index (χ2v) is 24.6. The lowest BCUT2D eigenvalue weighted by atomic mass is 9.99. The van der Waals surface area contributed by atoms with Crippen molar-refractivity contribution in [1.82, 2.24) is 5.32 Å². The van der Waals surface area contributed by atoms with E-state index in [0.29, 0.717) is 19.3 Å². The molecule has 1 heterocycles. The summed E-state index contributed by atoms with van der Waals surface area (Å²) in [6.45, 7) is 5.73. The largest absolute Gasteiger partial charge is 0.454 e. The van der Waals surface area contributed by atoms with Crippen LogP contribution in [0.4, 0.5) is 0 Å². The predicted octanol–water partition coefficient (Wildman–Crippen LogP) is 17.8. The van der Waals surface area contributed by atoms with Gasteiger partial charge in [0.25, 0.3) is 0 Å². The monoisotopic (exact) mass is 1160 g/mol. The van der Waals surface area contributed by atoms with Crippen molar-refractivity contribution >= 4 is 11.9 Å². The summed E-state index contributed by atoms with van der Waals surface area (Å²) in [5, 5.41) is 57.2. The molecule has 0 aromatic rings. The normalized spacial score (nSPS) is 18.8. The van der Waals surface area contributed by atoms with E-state index in [1.165, 1.54) is 212 Å². The fourth-order valence-electron chi connectivity index (χ4n) is 11.3. The maximum absolute atomic E-state index is 13.5. The minimum absolute atomic E-state index is 0.117. The summed E-state index contributed by atoms with van der Waals surface area (Å²) in [5.41, 5.74) is 0. The third-order valence-electron chi connectivity index (χ3n) is 16.8. The molecule has 0 saturated carbocycles. The number of nitrogens with one attached hydrogen (secondary N) is 1. The van der Waals surface area contributed by atoms with Crippen LogP contribution in [-0.2, 0) is 23.8 Å². The topological polar surface area (TPSA) is 175 Å². The molecule has 8 unspecified atom stereocenters. The van der Waals surface area contributed by atoms with Crippen LogP contribution in [0.2, 0.25) is 0 Å². The Hall–Kier alpha value is -2.12. The first-order chi connectivity index (χ1) is 40.2. The van der Waals surface area contributed by atoms with Crippen LogP contribution in [0.3, 0.4) is 0 Å². The Labute approximate surface area is 504 Å². The molecule has 1 amide bonds. The molecule has 0 aromatic heterocycles. The fourth-order valence-corrected chi connectivity index (χ4v) is 11.3. The summed E-state index contributed by atoms with van der Waals surface area (Å²) >= 11 is 0. The van der Waals surface area contributed by atoms with E-state index < -0.39 is 67.4 Å². The number of hydrogen-bond acceptors (Lipinski definition) is 10. The maximum Gasteiger partial charge on any atom is 0.306 e. The number of unbranched alkanes of at least 4 members (excludes halogenated alkanes) is 43. The molecule has 0 spiro atoms. The van der Waals surface area contributed by atoms with Gasteiger partial charge < -0.3 is 45.1 Å². The molecule has 1 aliphatic heterocycles. The third kappa shape index (κ3) is 46.1. The van der Waals surface area contributed by atoms with Crippen LogP contribution in [0.1, 0.15) is 342 Å². The van der Waals surface area contributed by atoms with Crippen molar-refractivity contribution in [3.05, 3.63) is 36.5 Å². The average Bonchev–Trinajstić information content (AvgIpc) is 3.45. The van der Waals surface area contributed by atoms with Crippen molar-refractivity contribution in [1.29, 1.82) is 0 Å². The summed E-state index contributed by atoms with van der Waals surface area (Å²) in [6.07, 6.45) is 62.0. The third-order valence-corrected chi connectivity index (χ3v) is 16.8. The van der Waals surface area contributed by atoms with Crippen molar-refractivity contribution in [3.63, 3.8) is 0 Å². The van der Waals surface area contributed by atoms with Gasteiger partial charge in [-0.2, -0.15) is 0 Å². The number of hydrogen-bond donors (Lipinski definition) is 6. The van der Waals surface area contributed by atoms with Crippen molar-refractivity contribution in [2.24, 2.45) is 0 Å². The highest BCUT2D eigenvalue weighted by atomic mass is 16.7. The van der Waals surface area contributed by atoms with E-state index >= 15 is 0 Å². The molecule has 482 valence electrons. The van der Waals surface area contributed by atoms with E-state index in [4.69, 9.17) is 14.2 Å². The lowest BCUT2D eigenvalue weighted by molar-refractivity contribution is -0.305. The minimum Gasteiger partial charge on any atom is -0.454 e. The van der Waals surface area contributed by atoms with Crippen molar-refractivity contribution in [2.45, 2.75) is 391 Å². The number of ether oxygens (including phenoxy) is 3. The van der Waals surface area contributed by atoms with E-state index in [9.17, 15) is 35.1 Å². The highest BCUT2D eigenvalue weighted by Crippen LogP contribution is 2.26. The quantitative estimate of drug-likeness (QED) is 0.0195. The van der Waals surface area contributed by atoms with Crippen LogP contribution in [0, 0.1) is 0 Å². The molecule has 8 atom stereocenters. The Balaban J connectivity index is 2.55. The standard InChI is InChI=1S/C71H133NO10/c1-4-7-10-13-16-19-22-25-27-28-29-30-31-32-33-34-35-36-37-38-40-43-46-49-52-55-58-64(75)70(79)72-62(63(74)57-54-51-48-45-42-39-24-21-18-15-12-9-6-3)61-80-71-69(68(78)67(77)65(60-73)81-71)82-66(76)59-56-53-50-47-44-41-26-23-20-17-14-11-8-5-2/h8,11,17,20,54,57,62-65,67-69,71,73-75,77-78H,4-7,9-10,12-16,18-19,21-53,55-56,58-61H2,1-3H3,(H,72,79)/b11-8+,20-17+,57-54+. The Kier molecular flexibility index (Phi) is 56.3. The molecule has 1 rings (SSSR count). The van der Waals surface area contributed by atoms with E-state index in [2.05, 4.69) is 50.4 Å². The zero-order valence-electron chi connectivity index (χ0n) is 53.6. The second-order valence-electron chi connectivity index (χ2n) is 24.6. The summed E-state index contributed by atoms with van der Waals surface area (Å²) in [7, 11) is 0. The molecule has 1 aliphatic rings. The SMILES string of the molecule is CC/C=C/C/C=C/CCCCCCCCCC(=O)OC1C(OCC(NC(=O)C(O)CCCCCCCCCCCCCCCCCCCCCCCCCCCC)C(O)/C=C/CCCCCCCCCCCCC)OC(CO)C(O)C1O. The smallest absolute Gasteiger partial charge is 0.306 e. The Morgan fingerprint density at radius 2 is 0.878 bits per heavy atom. The molecule has 11 nitrogen and oxygen atoms in total. The van der Waals surface area contributed by atoms with Gasteiger partial charge in [-0.1, -0.05) is 320 Å². The van der Waals surface area contributed by atoms with Gasteiger partial charge in [0, 0.05) is 6.42 Å². The van der Waals surface area contributed by atoms with Gasteiger partial charge in [0.2, 0.25) is 5.91 Å². The molecule has 82 heavy (non-hydrogen) atoms. The highest BCUT2D eigenvalue weighted by Gasteiger charge is 2.47. The van der Waals surface area contributed by atoms with Crippen LogP contribution in [-0.4, -0.2) is 99.6 Å². The number of aliphatic hydroxyl groups excluding tert-OH is 5. The van der Waals surface area contributed by atoms with Gasteiger partial charge in [0.05, 0.1) is 25.4 Å². The summed E-state index contributed by atoms with van der Waals surface area (Å²) < 4.78 is 17.7. The minimum atomic E-state index is -1.61. The Morgan fingerprint density at radius 1 is 0.488 bits per heavy atom. The van der Waals surface area contributed by atoms with Crippen LogP contribution in [0.25, 0.3) is 0 Å². The van der Waals surface area contributed by atoms with Gasteiger partial charge in [0.1, 0.15) is 24.4 Å². The molecule has 1 saturated heterocycles. The van der Waals surface area contributed by atoms with Gasteiger partial charge in [-0.25, -0.2) is 0 Å². The first-order valence-electron chi connectivity index (χ1n) is 35.3. The van der Waals surface area contributed by atoms with Crippen molar-refractivity contribution in [2.75, 3.05) is 13.2 Å². The van der Waals surface area contributed by atoms with E-state index in [0.717, 1.165) is 83.5 Å². The lowest BCUT2D eigenvalue weighted by Crippen LogP contribution is -2.61. The van der Waals surface area contributed by atoms with E-state index in [1.807, 2.05) is 6.08 Å². The lowest BCUT2D eigenvalue weighted by Gasteiger charge is -2.41. The van der Waals surface area contributed by atoms with Gasteiger partial charge in [-0.05, 0) is 51.4 Å². The number of aliphatic hydroxyl groups is 5. The molecule has 11 heteroatoms. The molecule has 6 N–H and O–H groups in total. The van der Waals surface area contributed by atoms with Gasteiger partial charge >= 0.3 is 5.97 Å². The first kappa shape index (κ1) is 77.9. The van der Waals surface area contributed by atoms with Gasteiger partial charge in [-0.3, -0.25) is 9.59 Å². The number of esters is 1. The molecule has 0 aliphatic carbocycles. The fraction of sp³-hybridized carbons (Fsp3) is 0.887. The number of amides is 1. The zero-order valence-corrected chi connectivity index (χ0v) is 53.6. The van der Waals surface area contributed by atoms with Crippen molar-refractivity contribution < 1.29 is 49.3 Å². The van der Waals surface area contributed by atoms with E-state index in [1.54, 1.807) is 6.08 Å². The summed E-state index contributed by atoms with van der Waals surface area (Å²) in [5.74, 6) is -1.19. The molecule has 0 aromatic carbocycles. The number of allylic oxidation sites excluding steroid dienone is 5. The van der Waals surface area contributed by atoms with E-state index in [-0.39, 0.29) is 13.0 Å². The average molecular weight is 1160 g/mol. The zero-order chi connectivity index (χ0) is 59.6. The summed E-state index contributed by atoms with van der Waals surface area (Å²) in [4.78, 5) is 26.6.